The van der Waals surface area contributed by atoms with Gasteiger partial charge in [0.15, 0.2) is 0 Å². The van der Waals surface area contributed by atoms with E-state index in [0.717, 1.165) is 37.2 Å². The number of unbranched alkanes of at least 4 members (excludes halogenated alkanes) is 2. The summed E-state index contributed by atoms with van der Waals surface area (Å²) >= 11 is 13.0. The number of aromatic nitrogens is 1. The molecule has 0 bridgehead atoms. The van der Waals surface area contributed by atoms with Crippen molar-refractivity contribution < 1.29 is 9.47 Å². The average molecular weight is 356 g/mol. The van der Waals surface area contributed by atoms with Crippen LogP contribution in [0.4, 0.5) is 0 Å². The highest BCUT2D eigenvalue weighted by molar-refractivity contribution is 7.12. The first kappa shape index (κ1) is 19.0. The maximum Gasteiger partial charge on any atom is 0.285 e. The summed E-state index contributed by atoms with van der Waals surface area (Å²) in [6, 6.07) is 0. The molecule has 1 rings (SSSR count). The summed E-state index contributed by atoms with van der Waals surface area (Å²) in [6.07, 6.45) is 4.33. The molecule has 0 aliphatic carbocycles. The standard InChI is InChI=1S/C14H23Cl2NO3S/c1-4-7-9-19-14(6-3,20-10-8-5-2)17-13(18)11(15)12(16)21-17/h4-10H2,1-3H3. The summed E-state index contributed by atoms with van der Waals surface area (Å²) in [4.78, 5) is 12.3. The molecule has 0 atom stereocenters. The van der Waals surface area contributed by atoms with E-state index in [2.05, 4.69) is 13.8 Å². The summed E-state index contributed by atoms with van der Waals surface area (Å²) in [5.41, 5.74) is -0.360. The molecule has 0 aliphatic rings. The number of nitrogens with zero attached hydrogens (tertiary/aromatic N) is 1. The smallest absolute Gasteiger partial charge is 0.285 e. The van der Waals surface area contributed by atoms with Gasteiger partial charge in [-0.2, -0.15) is 0 Å². The minimum Gasteiger partial charge on any atom is -0.332 e. The van der Waals surface area contributed by atoms with Gasteiger partial charge in [-0.3, -0.25) is 4.79 Å². The van der Waals surface area contributed by atoms with E-state index in [1.165, 1.54) is 3.96 Å². The van der Waals surface area contributed by atoms with Crippen LogP contribution in [-0.4, -0.2) is 17.2 Å². The Labute approximate surface area is 140 Å². The van der Waals surface area contributed by atoms with E-state index >= 15 is 0 Å². The first-order valence-corrected chi connectivity index (χ1v) is 8.91. The number of rotatable bonds is 10. The van der Waals surface area contributed by atoms with Gasteiger partial charge in [0.2, 0.25) is 0 Å². The van der Waals surface area contributed by atoms with Crippen LogP contribution in [0.25, 0.3) is 0 Å². The number of halogens is 2. The quantitative estimate of drug-likeness (QED) is 0.444. The third-order valence-electron chi connectivity index (χ3n) is 3.12. The van der Waals surface area contributed by atoms with E-state index in [1.54, 1.807) is 0 Å². The van der Waals surface area contributed by atoms with Crippen molar-refractivity contribution in [2.24, 2.45) is 0 Å². The van der Waals surface area contributed by atoms with Gasteiger partial charge in [0.05, 0.1) is 13.2 Å². The Balaban J connectivity index is 3.07. The highest BCUT2D eigenvalue weighted by Gasteiger charge is 2.36. The molecule has 0 saturated heterocycles. The molecule has 122 valence electrons. The van der Waals surface area contributed by atoms with Crippen LogP contribution in [0.3, 0.4) is 0 Å². The Bertz CT molecular complexity index is 477. The summed E-state index contributed by atoms with van der Waals surface area (Å²) in [5.74, 6) is -1.11. The van der Waals surface area contributed by atoms with Crippen LogP contribution in [-0.2, 0) is 15.4 Å². The van der Waals surface area contributed by atoms with Gasteiger partial charge >= 0.3 is 0 Å². The molecule has 0 amide bonds. The lowest BCUT2D eigenvalue weighted by atomic mass is 10.3. The van der Waals surface area contributed by atoms with Crippen molar-refractivity contribution >= 4 is 34.7 Å². The Kier molecular flexibility index (Phi) is 8.27. The fraction of sp³-hybridized carbons (Fsp3) is 0.786. The SMILES string of the molecule is CCCCOC(CC)(OCCCC)n1sc(Cl)c(Cl)c1=O. The van der Waals surface area contributed by atoms with Crippen molar-refractivity contribution in [3.05, 3.63) is 19.7 Å². The molecule has 4 nitrogen and oxygen atoms in total. The third-order valence-corrected chi connectivity index (χ3v) is 5.07. The molecule has 0 saturated carbocycles. The molecular formula is C14H23Cl2NO3S. The van der Waals surface area contributed by atoms with Crippen molar-refractivity contribution in [2.45, 2.75) is 58.8 Å². The molecule has 21 heavy (non-hydrogen) atoms. The number of hydrogen-bond donors (Lipinski definition) is 0. The van der Waals surface area contributed by atoms with Crippen LogP contribution < -0.4 is 5.56 Å². The predicted molar refractivity (Wildman–Crippen MR) is 88.6 cm³/mol. The van der Waals surface area contributed by atoms with E-state index in [1.807, 2.05) is 6.92 Å². The minimum absolute atomic E-state index is 0.0256. The molecule has 0 N–H and O–H groups in total. The van der Waals surface area contributed by atoms with Gasteiger partial charge < -0.3 is 9.47 Å². The largest absolute Gasteiger partial charge is 0.332 e. The molecule has 1 heterocycles. The minimum atomic E-state index is -1.11. The van der Waals surface area contributed by atoms with Crippen LogP contribution in [0.15, 0.2) is 4.79 Å². The van der Waals surface area contributed by atoms with E-state index in [4.69, 9.17) is 32.7 Å². The topological polar surface area (TPSA) is 40.5 Å². The van der Waals surface area contributed by atoms with Crippen molar-refractivity contribution in [3.63, 3.8) is 0 Å². The second kappa shape index (κ2) is 9.16. The van der Waals surface area contributed by atoms with Gasteiger partial charge in [-0.15, -0.1) is 0 Å². The van der Waals surface area contributed by atoms with Gasteiger partial charge in [-0.25, -0.2) is 3.96 Å². The zero-order valence-corrected chi connectivity index (χ0v) is 15.1. The van der Waals surface area contributed by atoms with E-state index < -0.39 is 5.91 Å². The molecule has 7 heteroatoms. The number of ether oxygens (including phenoxy) is 2. The average Bonchev–Trinajstić information content (AvgIpc) is 2.74. The van der Waals surface area contributed by atoms with Gasteiger partial charge in [-0.05, 0) is 24.4 Å². The van der Waals surface area contributed by atoms with Crippen LogP contribution in [0.5, 0.6) is 0 Å². The highest BCUT2D eigenvalue weighted by Crippen LogP contribution is 2.32. The van der Waals surface area contributed by atoms with E-state index in [9.17, 15) is 4.79 Å². The molecule has 0 radical (unpaired) electrons. The van der Waals surface area contributed by atoms with E-state index in [0.29, 0.717) is 19.6 Å². The second-order valence-corrected chi connectivity index (χ2v) is 6.68. The highest BCUT2D eigenvalue weighted by atomic mass is 35.5. The molecule has 0 fully saturated rings. The molecule has 1 aromatic rings. The lowest BCUT2D eigenvalue weighted by molar-refractivity contribution is -0.293. The Morgan fingerprint density at radius 2 is 1.62 bits per heavy atom. The summed E-state index contributed by atoms with van der Waals surface area (Å²) in [6.45, 7) is 7.14. The van der Waals surface area contributed by atoms with Crippen LogP contribution in [0, 0.1) is 0 Å². The molecule has 0 aliphatic heterocycles. The van der Waals surface area contributed by atoms with Gasteiger partial charge in [0.25, 0.3) is 11.5 Å². The Hall–Kier alpha value is -0.0700. The molecule has 0 aromatic carbocycles. The van der Waals surface area contributed by atoms with Gasteiger partial charge in [-0.1, -0.05) is 56.8 Å². The van der Waals surface area contributed by atoms with Crippen molar-refractivity contribution in [3.8, 4) is 0 Å². The molecular weight excluding hydrogens is 333 g/mol. The van der Waals surface area contributed by atoms with Crippen molar-refractivity contribution in [1.82, 2.24) is 3.96 Å². The lowest BCUT2D eigenvalue weighted by Gasteiger charge is -2.32. The zero-order valence-electron chi connectivity index (χ0n) is 12.8. The first-order valence-electron chi connectivity index (χ1n) is 7.38. The monoisotopic (exact) mass is 355 g/mol. The van der Waals surface area contributed by atoms with Crippen molar-refractivity contribution in [1.29, 1.82) is 0 Å². The third kappa shape index (κ3) is 4.70. The Morgan fingerprint density at radius 3 is 1.95 bits per heavy atom. The Morgan fingerprint density at radius 1 is 1.10 bits per heavy atom. The summed E-state index contributed by atoms with van der Waals surface area (Å²) in [5, 5.41) is 0.0256. The zero-order chi connectivity index (χ0) is 15.9. The first-order chi connectivity index (χ1) is 10.0. The number of hydrogen-bond acceptors (Lipinski definition) is 4. The lowest BCUT2D eigenvalue weighted by Crippen LogP contribution is -2.43. The van der Waals surface area contributed by atoms with Gasteiger partial charge in [0, 0.05) is 6.42 Å². The fourth-order valence-electron chi connectivity index (χ4n) is 1.82. The van der Waals surface area contributed by atoms with E-state index in [-0.39, 0.29) is 14.9 Å². The fourth-order valence-corrected chi connectivity index (χ4v) is 3.22. The second-order valence-electron chi connectivity index (χ2n) is 4.75. The normalized spacial score (nSPS) is 12.0. The van der Waals surface area contributed by atoms with Crippen LogP contribution >= 0.6 is 34.7 Å². The summed E-state index contributed by atoms with van der Waals surface area (Å²) < 4.78 is 13.6. The maximum absolute atomic E-state index is 12.3. The maximum atomic E-state index is 12.3. The predicted octanol–water partition coefficient (Wildman–Crippen LogP) is 4.87. The van der Waals surface area contributed by atoms with Crippen LogP contribution in [0.1, 0.15) is 52.9 Å². The van der Waals surface area contributed by atoms with Crippen molar-refractivity contribution in [2.75, 3.05) is 13.2 Å². The molecule has 0 spiro atoms. The van der Waals surface area contributed by atoms with Gasteiger partial charge in [0.1, 0.15) is 9.36 Å². The molecule has 0 unspecified atom stereocenters. The molecule has 1 aromatic heterocycles. The summed E-state index contributed by atoms with van der Waals surface area (Å²) in [7, 11) is 0. The van der Waals surface area contributed by atoms with Crippen LogP contribution in [0.2, 0.25) is 9.36 Å².